The number of rotatable bonds is 7. The standard InChI is InChI=1S/C27H19BrN2O6S/c1-3-11-35-26(34)24-14(2)29-27(37-24)30-21(16-8-6-9-17(28)12-16)20(23(32)25(30)33)22(31)19-13-15-7-4-5-10-18(15)36-19/h3-10,12-13,21,32H,1,11H2,2H3. The number of anilines is 1. The van der Waals surface area contributed by atoms with Crippen LogP contribution in [0, 0.1) is 6.92 Å². The number of halogens is 1. The van der Waals surface area contributed by atoms with Crippen LogP contribution in [0.3, 0.4) is 0 Å². The van der Waals surface area contributed by atoms with Gasteiger partial charge in [0.25, 0.3) is 5.91 Å². The van der Waals surface area contributed by atoms with E-state index in [0.29, 0.717) is 26.7 Å². The minimum absolute atomic E-state index is 0.0126. The van der Waals surface area contributed by atoms with Gasteiger partial charge >= 0.3 is 5.97 Å². The number of benzene rings is 2. The van der Waals surface area contributed by atoms with Crippen LogP contribution in [-0.2, 0) is 9.53 Å². The SMILES string of the molecule is C=CCOC(=O)c1sc(N2C(=O)C(O)=C(C(=O)c3cc4ccccc4o3)C2c2cccc(Br)c2)nc1C. The summed E-state index contributed by atoms with van der Waals surface area (Å²) < 4.78 is 11.6. The number of hydrogen-bond acceptors (Lipinski definition) is 8. The number of aliphatic hydroxyl groups is 1. The summed E-state index contributed by atoms with van der Waals surface area (Å²) in [6, 6.07) is 14.7. The Balaban J connectivity index is 1.62. The number of furan rings is 1. The minimum atomic E-state index is -1.02. The maximum atomic E-state index is 13.7. The summed E-state index contributed by atoms with van der Waals surface area (Å²) in [5.41, 5.74) is 1.26. The molecule has 1 aliphatic rings. The van der Waals surface area contributed by atoms with E-state index >= 15 is 0 Å². The first-order chi connectivity index (χ1) is 17.8. The predicted molar refractivity (Wildman–Crippen MR) is 142 cm³/mol. The summed E-state index contributed by atoms with van der Waals surface area (Å²) >= 11 is 4.37. The van der Waals surface area contributed by atoms with Gasteiger partial charge in [-0.05, 0) is 36.8 Å². The quantitative estimate of drug-likeness (QED) is 0.160. The highest BCUT2D eigenvalue weighted by Gasteiger charge is 2.47. The van der Waals surface area contributed by atoms with Crippen molar-refractivity contribution in [2.75, 3.05) is 11.5 Å². The molecular weight excluding hydrogens is 560 g/mol. The smallest absolute Gasteiger partial charge is 0.350 e. The van der Waals surface area contributed by atoms with E-state index in [0.717, 1.165) is 11.3 Å². The number of amides is 1. The van der Waals surface area contributed by atoms with Crippen molar-refractivity contribution in [2.45, 2.75) is 13.0 Å². The molecule has 2 aromatic carbocycles. The molecule has 10 heteroatoms. The number of nitrogens with zero attached hydrogens (tertiary/aromatic N) is 2. The number of ketones is 1. The summed E-state index contributed by atoms with van der Waals surface area (Å²) in [5.74, 6) is -2.78. The molecule has 0 saturated heterocycles. The number of esters is 1. The first-order valence-electron chi connectivity index (χ1n) is 11.1. The number of Topliss-reactive ketones (excluding diaryl/α,β-unsaturated/α-hetero) is 1. The zero-order chi connectivity index (χ0) is 26.3. The summed E-state index contributed by atoms with van der Waals surface area (Å²) in [6.07, 6.45) is 1.44. The molecule has 1 aliphatic heterocycles. The highest BCUT2D eigenvalue weighted by Crippen LogP contribution is 2.44. The molecule has 8 nitrogen and oxygen atoms in total. The lowest BCUT2D eigenvalue weighted by Gasteiger charge is -2.24. The summed E-state index contributed by atoms with van der Waals surface area (Å²) in [4.78, 5) is 45.5. The van der Waals surface area contributed by atoms with Gasteiger partial charge < -0.3 is 14.3 Å². The van der Waals surface area contributed by atoms with Crippen LogP contribution >= 0.6 is 27.3 Å². The van der Waals surface area contributed by atoms with Gasteiger partial charge in [-0.2, -0.15) is 0 Å². The summed E-state index contributed by atoms with van der Waals surface area (Å²) in [5, 5.41) is 11.8. The van der Waals surface area contributed by atoms with Crippen molar-refractivity contribution in [1.29, 1.82) is 0 Å². The Hall–Kier alpha value is -4.02. The molecular formula is C27H19BrN2O6S. The Morgan fingerprint density at radius 1 is 1.24 bits per heavy atom. The zero-order valence-corrected chi connectivity index (χ0v) is 21.8. The second kappa shape index (κ2) is 9.79. The molecule has 1 N–H and O–H groups in total. The van der Waals surface area contributed by atoms with E-state index in [1.54, 1.807) is 55.5 Å². The largest absolute Gasteiger partial charge is 0.503 e. The topological polar surface area (TPSA) is 110 Å². The fourth-order valence-corrected chi connectivity index (χ4v) is 5.53. The molecule has 0 fully saturated rings. The Morgan fingerprint density at radius 3 is 2.76 bits per heavy atom. The predicted octanol–water partition coefficient (Wildman–Crippen LogP) is 6.09. The van der Waals surface area contributed by atoms with Gasteiger partial charge in [0.15, 0.2) is 16.7 Å². The van der Waals surface area contributed by atoms with Crippen LogP contribution in [-0.4, -0.2) is 34.4 Å². The monoisotopic (exact) mass is 578 g/mol. The summed E-state index contributed by atoms with van der Waals surface area (Å²) in [6.45, 7) is 5.17. The number of para-hydroxylation sites is 1. The Labute approximate surface area is 223 Å². The van der Waals surface area contributed by atoms with Crippen LogP contribution in [0.1, 0.15) is 37.5 Å². The van der Waals surface area contributed by atoms with Crippen LogP contribution in [0.2, 0.25) is 0 Å². The van der Waals surface area contributed by atoms with Gasteiger partial charge in [-0.1, -0.05) is 70.3 Å². The number of carbonyl (C=O) groups is 3. The van der Waals surface area contributed by atoms with E-state index in [4.69, 9.17) is 9.15 Å². The van der Waals surface area contributed by atoms with Gasteiger partial charge in [-0.15, -0.1) is 0 Å². The van der Waals surface area contributed by atoms with E-state index in [2.05, 4.69) is 27.5 Å². The first kappa shape index (κ1) is 24.7. The lowest BCUT2D eigenvalue weighted by molar-refractivity contribution is -0.117. The van der Waals surface area contributed by atoms with Crippen LogP contribution in [0.25, 0.3) is 11.0 Å². The van der Waals surface area contributed by atoms with Crippen LogP contribution in [0.5, 0.6) is 0 Å². The lowest BCUT2D eigenvalue weighted by atomic mass is 9.95. The Morgan fingerprint density at radius 2 is 2.03 bits per heavy atom. The number of ether oxygens (including phenoxy) is 1. The van der Waals surface area contributed by atoms with Crippen molar-refractivity contribution >= 4 is 61.0 Å². The van der Waals surface area contributed by atoms with Gasteiger partial charge in [0.2, 0.25) is 5.78 Å². The van der Waals surface area contributed by atoms with E-state index in [1.807, 2.05) is 6.07 Å². The number of carbonyl (C=O) groups excluding carboxylic acids is 3. The normalized spacial score (nSPS) is 15.5. The van der Waals surface area contributed by atoms with Gasteiger partial charge in [-0.3, -0.25) is 14.5 Å². The number of fused-ring (bicyclic) bond motifs is 1. The molecule has 0 saturated carbocycles. The van der Waals surface area contributed by atoms with Crippen molar-refractivity contribution in [2.24, 2.45) is 0 Å². The van der Waals surface area contributed by atoms with Gasteiger partial charge in [-0.25, -0.2) is 9.78 Å². The average Bonchev–Trinajstić information content (AvgIpc) is 3.56. The third-order valence-corrected chi connectivity index (χ3v) is 7.41. The molecule has 4 aromatic rings. The Kier molecular flexibility index (Phi) is 6.53. The number of hydrogen-bond donors (Lipinski definition) is 1. The molecule has 186 valence electrons. The fraction of sp³-hybridized carbons (Fsp3) is 0.111. The van der Waals surface area contributed by atoms with Gasteiger partial charge in [0.05, 0.1) is 17.3 Å². The second-order valence-corrected chi connectivity index (χ2v) is 10.1. The number of aromatic nitrogens is 1. The number of thiazole rings is 1. The van der Waals surface area contributed by atoms with E-state index < -0.39 is 29.5 Å². The van der Waals surface area contributed by atoms with Gasteiger partial charge in [0.1, 0.15) is 17.1 Å². The van der Waals surface area contributed by atoms with E-state index in [-0.39, 0.29) is 27.9 Å². The molecule has 0 aliphatic carbocycles. The molecule has 0 bridgehead atoms. The molecule has 1 atom stereocenters. The molecule has 2 aromatic heterocycles. The van der Waals surface area contributed by atoms with E-state index in [9.17, 15) is 19.5 Å². The van der Waals surface area contributed by atoms with Crippen LogP contribution in [0.4, 0.5) is 5.13 Å². The fourth-order valence-electron chi connectivity index (χ4n) is 4.13. The molecule has 5 rings (SSSR count). The molecule has 1 amide bonds. The van der Waals surface area contributed by atoms with Gasteiger partial charge in [0, 0.05) is 9.86 Å². The van der Waals surface area contributed by atoms with Crippen molar-refractivity contribution in [3.63, 3.8) is 0 Å². The average molecular weight is 579 g/mol. The molecule has 3 heterocycles. The third-order valence-electron chi connectivity index (χ3n) is 5.78. The van der Waals surface area contributed by atoms with Crippen LogP contribution < -0.4 is 4.90 Å². The van der Waals surface area contributed by atoms with E-state index in [1.165, 1.54) is 11.0 Å². The highest BCUT2D eigenvalue weighted by atomic mass is 79.9. The van der Waals surface area contributed by atoms with Crippen LogP contribution in [0.15, 0.2) is 87.5 Å². The molecule has 0 radical (unpaired) electrons. The Bertz CT molecular complexity index is 1580. The van der Waals surface area contributed by atoms with Crippen molar-refractivity contribution < 1.29 is 28.6 Å². The van der Waals surface area contributed by atoms with Crippen molar-refractivity contribution in [3.05, 3.63) is 105 Å². The maximum absolute atomic E-state index is 13.7. The number of aliphatic hydroxyl groups excluding tert-OH is 1. The van der Waals surface area contributed by atoms with Crippen molar-refractivity contribution in [3.8, 4) is 0 Å². The zero-order valence-electron chi connectivity index (χ0n) is 19.4. The first-order valence-corrected chi connectivity index (χ1v) is 12.7. The second-order valence-electron chi connectivity index (χ2n) is 8.17. The maximum Gasteiger partial charge on any atom is 0.350 e. The molecule has 1 unspecified atom stereocenters. The number of aryl methyl sites for hydroxylation is 1. The third kappa shape index (κ3) is 4.38. The minimum Gasteiger partial charge on any atom is -0.503 e. The molecule has 0 spiro atoms. The highest BCUT2D eigenvalue weighted by molar-refractivity contribution is 9.10. The molecule has 37 heavy (non-hydrogen) atoms. The summed E-state index contributed by atoms with van der Waals surface area (Å²) in [7, 11) is 0. The van der Waals surface area contributed by atoms with Crippen molar-refractivity contribution in [1.82, 2.24) is 4.98 Å². The lowest BCUT2D eigenvalue weighted by Crippen LogP contribution is -2.31.